The smallest absolute Gasteiger partial charge is 0.306 e. The van der Waals surface area contributed by atoms with Crippen molar-refractivity contribution in [3.8, 4) is 24.3 Å². The number of hydrogen-bond donors (Lipinski definition) is 0. The largest absolute Gasteiger partial charge is 0.466 e. The number of nitrogens with zero attached hydrogens (tertiary/aromatic N) is 4. The molecule has 216 valence electrons. The Hall–Kier alpha value is -2.19. The lowest BCUT2D eigenvalue weighted by atomic mass is 9.99. The number of rotatable bonds is 13. The van der Waals surface area contributed by atoms with Gasteiger partial charge in [0.05, 0.1) is 43.2 Å². The third kappa shape index (κ3) is 30.2. The Morgan fingerprint density at radius 3 is 1.79 bits per heavy atom. The minimum Gasteiger partial charge on any atom is -0.466 e. The Balaban J connectivity index is -0.000000463. The van der Waals surface area contributed by atoms with Crippen LogP contribution < -0.4 is 0 Å². The molecule has 4 atom stereocenters. The average Bonchev–Trinajstić information content (AvgIpc) is 2.96. The van der Waals surface area contributed by atoms with Crippen LogP contribution in [0.25, 0.3) is 0 Å². The standard InChI is InChI=1S/C11H12ClN.C8H12ClNO2.C6H10ClN.C4H6ClN/c12-9-11(6-7-13)8-10-4-2-1-3-5-10;1-2-12-8(11)5-7(6-9)3-4-10;1-6(5-7)3-2-4-8;1-4(2-5)3-6/h1-5,11H,6,8-9H2;7H,2-3,5-6H2,1H3;6H,2-3,5H2,1H3;4H,2H2,1H3. The van der Waals surface area contributed by atoms with Gasteiger partial charge in [0, 0.05) is 42.8 Å². The topological polar surface area (TPSA) is 121 Å². The van der Waals surface area contributed by atoms with E-state index in [0.717, 1.165) is 12.8 Å². The van der Waals surface area contributed by atoms with Gasteiger partial charge in [-0.3, -0.25) is 4.79 Å². The molecule has 4 unspecified atom stereocenters. The number of carbonyl (C=O) groups is 1. The van der Waals surface area contributed by atoms with Crippen LogP contribution in [0.15, 0.2) is 30.3 Å². The van der Waals surface area contributed by atoms with Gasteiger partial charge < -0.3 is 4.74 Å². The molecule has 0 bridgehead atoms. The Bertz CT molecular complexity index is 876. The van der Waals surface area contributed by atoms with Crippen LogP contribution in [-0.4, -0.2) is 36.1 Å². The van der Waals surface area contributed by atoms with Crippen LogP contribution in [0.4, 0.5) is 0 Å². The van der Waals surface area contributed by atoms with Gasteiger partial charge in [-0.1, -0.05) is 37.3 Å². The maximum atomic E-state index is 10.9. The number of ether oxygens (including phenoxy) is 1. The number of alkyl halides is 4. The van der Waals surface area contributed by atoms with Crippen LogP contribution in [0.2, 0.25) is 0 Å². The third-order valence-corrected chi connectivity index (χ3v) is 6.65. The first kappa shape index (κ1) is 41.3. The normalized spacial score (nSPS) is 12.2. The van der Waals surface area contributed by atoms with Gasteiger partial charge in [0.25, 0.3) is 0 Å². The lowest BCUT2D eigenvalue weighted by Gasteiger charge is -2.08. The minimum absolute atomic E-state index is 0.00617. The fourth-order valence-electron chi connectivity index (χ4n) is 2.45. The van der Waals surface area contributed by atoms with E-state index in [1.54, 1.807) is 13.8 Å². The summed E-state index contributed by atoms with van der Waals surface area (Å²) in [5.41, 5.74) is 1.25. The molecule has 0 aliphatic heterocycles. The van der Waals surface area contributed by atoms with E-state index in [0.29, 0.717) is 55.3 Å². The molecule has 0 saturated heterocycles. The number of hydrogen-bond acceptors (Lipinski definition) is 6. The fourth-order valence-corrected chi connectivity index (χ4v) is 3.11. The van der Waals surface area contributed by atoms with E-state index in [1.807, 2.05) is 37.3 Å². The van der Waals surface area contributed by atoms with E-state index in [2.05, 4.69) is 24.3 Å². The second-order valence-electron chi connectivity index (χ2n) is 8.60. The molecule has 6 nitrogen and oxygen atoms in total. The first-order valence-electron chi connectivity index (χ1n) is 12.7. The number of nitriles is 4. The van der Waals surface area contributed by atoms with Crippen molar-refractivity contribution in [2.24, 2.45) is 23.7 Å². The highest BCUT2D eigenvalue weighted by Crippen LogP contribution is 2.13. The van der Waals surface area contributed by atoms with E-state index in [-0.39, 0.29) is 30.1 Å². The van der Waals surface area contributed by atoms with Crippen molar-refractivity contribution in [1.29, 1.82) is 21.0 Å². The highest BCUT2D eigenvalue weighted by atomic mass is 35.5. The van der Waals surface area contributed by atoms with Gasteiger partial charge in [0.2, 0.25) is 0 Å². The first-order chi connectivity index (χ1) is 18.7. The third-order valence-electron chi connectivity index (χ3n) is 4.79. The maximum Gasteiger partial charge on any atom is 0.306 e. The summed E-state index contributed by atoms with van der Waals surface area (Å²) in [7, 11) is 0. The summed E-state index contributed by atoms with van der Waals surface area (Å²) < 4.78 is 4.71. The molecule has 0 spiro atoms. The molecular formula is C29H40Cl4N4O2. The van der Waals surface area contributed by atoms with E-state index < -0.39 is 0 Å². The number of esters is 1. The Kier molecular flexibility index (Phi) is 33.9. The average molecular weight is 618 g/mol. The second kappa shape index (κ2) is 32.0. The molecule has 0 radical (unpaired) electrons. The molecule has 0 saturated carbocycles. The van der Waals surface area contributed by atoms with Crippen LogP contribution >= 0.6 is 46.4 Å². The van der Waals surface area contributed by atoms with E-state index >= 15 is 0 Å². The molecule has 0 aromatic heterocycles. The molecule has 1 aromatic carbocycles. The summed E-state index contributed by atoms with van der Waals surface area (Å²) >= 11 is 22.0. The van der Waals surface area contributed by atoms with Crippen molar-refractivity contribution >= 4 is 52.4 Å². The van der Waals surface area contributed by atoms with Crippen LogP contribution in [0.3, 0.4) is 0 Å². The Morgan fingerprint density at radius 2 is 1.41 bits per heavy atom. The van der Waals surface area contributed by atoms with Gasteiger partial charge >= 0.3 is 5.97 Å². The van der Waals surface area contributed by atoms with E-state index in [9.17, 15) is 4.79 Å². The predicted molar refractivity (Wildman–Crippen MR) is 161 cm³/mol. The Labute approximate surface area is 255 Å². The molecule has 1 aromatic rings. The zero-order chi connectivity index (χ0) is 30.3. The van der Waals surface area contributed by atoms with Crippen molar-refractivity contribution in [3.63, 3.8) is 0 Å². The van der Waals surface area contributed by atoms with Crippen molar-refractivity contribution in [2.75, 3.05) is 30.1 Å². The van der Waals surface area contributed by atoms with Crippen molar-refractivity contribution < 1.29 is 9.53 Å². The monoisotopic (exact) mass is 616 g/mol. The molecule has 0 amide bonds. The molecule has 0 aliphatic rings. The molecule has 10 heteroatoms. The highest BCUT2D eigenvalue weighted by molar-refractivity contribution is 6.18. The quantitative estimate of drug-likeness (QED) is 0.162. The summed E-state index contributed by atoms with van der Waals surface area (Å²) in [5, 5.41) is 33.0. The summed E-state index contributed by atoms with van der Waals surface area (Å²) in [5.74, 6) is 2.43. The lowest BCUT2D eigenvalue weighted by Crippen LogP contribution is -2.12. The first-order valence-corrected chi connectivity index (χ1v) is 14.8. The fraction of sp³-hybridized carbons (Fsp3) is 0.621. The lowest BCUT2D eigenvalue weighted by molar-refractivity contribution is -0.144. The van der Waals surface area contributed by atoms with Gasteiger partial charge in [-0.25, -0.2) is 0 Å². The molecule has 0 fully saturated rings. The summed E-state index contributed by atoms with van der Waals surface area (Å²) in [6.07, 6.45) is 3.55. The zero-order valence-electron chi connectivity index (χ0n) is 23.1. The molecule has 0 N–H and O–H groups in total. The molecular weight excluding hydrogens is 578 g/mol. The summed E-state index contributed by atoms with van der Waals surface area (Å²) in [6, 6.07) is 18.3. The predicted octanol–water partition coefficient (Wildman–Crippen LogP) is 8.26. The van der Waals surface area contributed by atoms with Crippen LogP contribution in [0, 0.1) is 69.0 Å². The molecule has 39 heavy (non-hydrogen) atoms. The SMILES string of the molecule is CC(C#N)CCl.CC(CCl)CCC#N.CCOC(=O)CC(CCl)CC#N.N#CCC(CCl)Cc1ccccc1. The number of halogens is 4. The second-order valence-corrected chi connectivity index (χ2v) is 9.84. The van der Waals surface area contributed by atoms with Crippen LogP contribution in [-0.2, 0) is 16.0 Å². The summed E-state index contributed by atoms with van der Waals surface area (Å²) in [4.78, 5) is 10.9. The minimum atomic E-state index is -0.279. The van der Waals surface area contributed by atoms with E-state index in [1.165, 1.54) is 5.56 Å². The summed E-state index contributed by atoms with van der Waals surface area (Å²) in [6.45, 7) is 5.95. The van der Waals surface area contributed by atoms with Crippen LogP contribution in [0.5, 0.6) is 0 Å². The maximum absolute atomic E-state index is 10.9. The van der Waals surface area contributed by atoms with Crippen molar-refractivity contribution in [2.45, 2.75) is 59.3 Å². The van der Waals surface area contributed by atoms with Gasteiger partial charge in [0.1, 0.15) is 0 Å². The molecule has 1 rings (SSSR count). The van der Waals surface area contributed by atoms with Crippen LogP contribution in [0.1, 0.15) is 58.4 Å². The Morgan fingerprint density at radius 1 is 0.846 bits per heavy atom. The molecule has 0 aliphatic carbocycles. The van der Waals surface area contributed by atoms with Crippen molar-refractivity contribution in [3.05, 3.63) is 35.9 Å². The number of carbonyl (C=O) groups excluding carboxylic acids is 1. The van der Waals surface area contributed by atoms with Gasteiger partial charge in [-0.2, -0.15) is 21.0 Å². The zero-order valence-corrected chi connectivity index (χ0v) is 26.1. The van der Waals surface area contributed by atoms with Gasteiger partial charge in [-0.15, -0.1) is 46.4 Å². The molecule has 0 heterocycles. The van der Waals surface area contributed by atoms with Gasteiger partial charge in [0.15, 0.2) is 0 Å². The van der Waals surface area contributed by atoms with E-state index in [4.69, 9.17) is 72.2 Å². The van der Waals surface area contributed by atoms with Gasteiger partial charge in [-0.05, 0) is 50.0 Å². The van der Waals surface area contributed by atoms with Crippen molar-refractivity contribution in [1.82, 2.24) is 0 Å². The highest BCUT2D eigenvalue weighted by Gasteiger charge is 2.13. The number of benzene rings is 1.